The Labute approximate surface area is 157 Å². The normalized spacial score (nSPS) is 38.2. The van der Waals surface area contributed by atoms with Crippen molar-refractivity contribution in [2.75, 3.05) is 33.3 Å². The zero-order chi connectivity index (χ0) is 18.3. The van der Waals surface area contributed by atoms with Crippen molar-refractivity contribution in [1.82, 2.24) is 14.8 Å². The van der Waals surface area contributed by atoms with Gasteiger partial charge in [-0.25, -0.2) is 4.98 Å². The third-order valence-electron chi connectivity index (χ3n) is 6.28. The summed E-state index contributed by atoms with van der Waals surface area (Å²) in [5.74, 6) is 1.20. The van der Waals surface area contributed by atoms with E-state index in [0.717, 1.165) is 48.4 Å². The molecule has 0 spiro atoms. The highest BCUT2D eigenvalue weighted by atomic mass is 35.5. The number of rotatable bonds is 2. The zero-order valence-electron chi connectivity index (χ0n) is 15.3. The van der Waals surface area contributed by atoms with Crippen molar-refractivity contribution in [3.05, 3.63) is 35.0 Å². The molecule has 0 amide bonds. The minimum absolute atomic E-state index is 0.0933. The van der Waals surface area contributed by atoms with Gasteiger partial charge in [0.1, 0.15) is 16.7 Å². The van der Waals surface area contributed by atoms with Gasteiger partial charge in [-0.2, -0.15) is 0 Å². The standard InChI is InChI=1S/C20H22ClN3O2/c1-19-8-23-10-20(2,18(19)25)11-24(9-19)17(23)14-6-12-4-5-13(26-3)7-15(12)22-16(14)21/h4-7,17H,8-11H2,1-3H3. The lowest BCUT2D eigenvalue weighted by atomic mass is 9.62. The second kappa shape index (κ2) is 5.18. The van der Waals surface area contributed by atoms with Crippen molar-refractivity contribution in [3.63, 3.8) is 0 Å². The fourth-order valence-electron chi connectivity index (χ4n) is 5.44. The maximum atomic E-state index is 12.9. The third-order valence-corrected chi connectivity index (χ3v) is 6.58. The lowest BCUT2D eigenvalue weighted by Crippen LogP contribution is -2.75. The molecule has 26 heavy (non-hydrogen) atoms. The molecule has 0 atom stereocenters. The first-order valence-corrected chi connectivity index (χ1v) is 9.38. The van der Waals surface area contributed by atoms with E-state index in [1.807, 2.05) is 18.2 Å². The van der Waals surface area contributed by atoms with Crippen molar-refractivity contribution in [2.24, 2.45) is 10.8 Å². The number of pyridine rings is 1. The maximum absolute atomic E-state index is 12.9. The summed E-state index contributed by atoms with van der Waals surface area (Å²) in [6.07, 6.45) is 0.0933. The van der Waals surface area contributed by atoms with Gasteiger partial charge in [0.15, 0.2) is 0 Å². The quantitative estimate of drug-likeness (QED) is 0.759. The number of hydrogen-bond donors (Lipinski definition) is 0. The van der Waals surface area contributed by atoms with Gasteiger partial charge in [-0.1, -0.05) is 25.4 Å². The van der Waals surface area contributed by atoms with Gasteiger partial charge in [-0.3, -0.25) is 14.6 Å². The fraction of sp³-hybridized carbons (Fsp3) is 0.500. The summed E-state index contributed by atoms with van der Waals surface area (Å²) in [5.41, 5.74) is 1.32. The molecule has 1 aromatic heterocycles. The molecule has 6 rings (SSSR count). The predicted octanol–water partition coefficient (Wildman–Crippen LogP) is 3.12. The van der Waals surface area contributed by atoms with Crippen LogP contribution in [-0.4, -0.2) is 53.9 Å². The maximum Gasteiger partial charge on any atom is 0.149 e. The topological polar surface area (TPSA) is 45.7 Å². The first-order valence-electron chi connectivity index (χ1n) is 9.00. The van der Waals surface area contributed by atoms with Gasteiger partial charge in [0.05, 0.1) is 29.6 Å². The van der Waals surface area contributed by atoms with Gasteiger partial charge < -0.3 is 4.74 Å². The monoisotopic (exact) mass is 371 g/mol. The van der Waals surface area contributed by atoms with E-state index >= 15 is 0 Å². The summed E-state index contributed by atoms with van der Waals surface area (Å²) < 4.78 is 5.29. The first kappa shape index (κ1) is 16.5. The average molecular weight is 372 g/mol. The molecule has 5 heterocycles. The first-order chi connectivity index (χ1) is 12.3. The number of carbonyl (C=O) groups excluding carboxylic acids is 1. The number of ether oxygens (including phenoxy) is 1. The highest BCUT2D eigenvalue weighted by molar-refractivity contribution is 6.30. The van der Waals surface area contributed by atoms with Gasteiger partial charge in [0, 0.05) is 43.2 Å². The number of methoxy groups -OCH3 is 1. The second-order valence-electron chi connectivity index (χ2n) is 8.56. The van der Waals surface area contributed by atoms with E-state index in [9.17, 15) is 4.79 Å². The molecule has 4 bridgehead atoms. The third kappa shape index (κ3) is 2.11. The smallest absolute Gasteiger partial charge is 0.149 e. The lowest BCUT2D eigenvalue weighted by Gasteiger charge is -2.64. The zero-order valence-corrected chi connectivity index (χ0v) is 16.0. The van der Waals surface area contributed by atoms with Gasteiger partial charge >= 0.3 is 0 Å². The predicted molar refractivity (Wildman–Crippen MR) is 100 cm³/mol. The Kier molecular flexibility index (Phi) is 3.29. The number of Topliss-reactive ketones (excluding diaryl/α,β-unsaturated/α-hetero) is 1. The summed E-state index contributed by atoms with van der Waals surface area (Å²) in [7, 11) is 1.65. The van der Waals surface area contributed by atoms with Crippen LogP contribution in [-0.2, 0) is 4.79 Å². The van der Waals surface area contributed by atoms with Crippen LogP contribution in [0.5, 0.6) is 5.75 Å². The summed E-state index contributed by atoms with van der Waals surface area (Å²) in [5, 5.41) is 1.58. The number of aromatic nitrogens is 1. The van der Waals surface area contributed by atoms with E-state index in [2.05, 4.69) is 34.7 Å². The van der Waals surface area contributed by atoms with Crippen molar-refractivity contribution in [3.8, 4) is 5.75 Å². The summed E-state index contributed by atoms with van der Waals surface area (Å²) in [4.78, 5) is 22.3. The van der Waals surface area contributed by atoms with Gasteiger partial charge in [0.25, 0.3) is 0 Å². The van der Waals surface area contributed by atoms with E-state index in [1.165, 1.54) is 0 Å². The molecule has 0 saturated carbocycles. The molecule has 0 unspecified atom stereocenters. The van der Waals surface area contributed by atoms with E-state index in [4.69, 9.17) is 16.3 Å². The van der Waals surface area contributed by atoms with Crippen LogP contribution in [0.4, 0.5) is 0 Å². The highest BCUT2D eigenvalue weighted by Crippen LogP contribution is 2.52. The number of fused-ring (bicyclic) bond motifs is 1. The molecule has 2 aromatic rings. The number of carbonyl (C=O) groups is 1. The molecule has 4 fully saturated rings. The van der Waals surface area contributed by atoms with Crippen molar-refractivity contribution in [2.45, 2.75) is 20.0 Å². The molecule has 1 aromatic carbocycles. The number of benzene rings is 1. The SMILES string of the molecule is COc1ccc2cc(C3N4CC5(C)CN3CC(C)(C4)C5=O)c(Cl)nc2c1. The van der Waals surface area contributed by atoms with Crippen LogP contribution >= 0.6 is 11.6 Å². The minimum Gasteiger partial charge on any atom is -0.497 e. The number of piperidine rings is 2. The molecule has 5 nitrogen and oxygen atoms in total. The Bertz CT molecular complexity index is 904. The molecule has 4 saturated heterocycles. The molecule has 136 valence electrons. The number of nitrogens with zero attached hydrogens (tertiary/aromatic N) is 3. The molecule has 4 aliphatic heterocycles. The van der Waals surface area contributed by atoms with E-state index in [-0.39, 0.29) is 17.0 Å². The highest BCUT2D eigenvalue weighted by Gasteiger charge is 2.62. The largest absolute Gasteiger partial charge is 0.497 e. The van der Waals surface area contributed by atoms with Crippen LogP contribution in [0.15, 0.2) is 24.3 Å². The second-order valence-corrected chi connectivity index (χ2v) is 8.92. The Morgan fingerprint density at radius 2 is 1.73 bits per heavy atom. The Hall–Kier alpha value is -1.69. The summed E-state index contributed by atoms with van der Waals surface area (Å²) in [6.45, 7) is 7.38. The number of hydrogen-bond acceptors (Lipinski definition) is 5. The van der Waals surface area contributed by atoms with E-state index < -0.39 is 0 Å². The summed E-state index contributed by atoms with van der Waals surface area (Å²) in [6, 6.07) is 8.01. The molecule has 6 heteroatoms. The molecule has 0 N–H and O–H groups in total. The van der Waals surface area contributed by atoms with Crippen LogP contribution in [0.25, 0.3) is 10.9 Å². The van der Waals surface area contributed by atoms with E-state index in [0.29, 0.717) is 10.9 Å². The van der Waals surface area contributed by atoms with Crippen molar-refractivity contribution < 1.29 is 9.53 Å². The van der Waals surface area contributed by atoms with Gasteiger partial charge in [0.2, 0.25) is 0 Å². The van der Waals surface area contributed by atoms with Gasteiger partial charge in [-0.05, 0) is 18.2 Å². The Balaban J connectivity index is 1.59. The van der Waals surface area contributed by atoms with Crippen LogP contribution < -0.4 is 4.74 Å². The number of ketones is 1. The molecule has 0 radical (unpaired) electrons. The van der Waals surface area contributed by atoms with Crippen LogP contribution in [0, 0.1) is 10.8 Å². The van der Waals surface area contributed by atoms with Crippen molar-refractivity contribution >= 4 is 28.3 Å². The molecular formula is C20H22ClN3O2. The summed E-state index contributed by atoms with van der Waals surface area (Å²) >= 11 is 6.62. The van der Waals surface area contributed by atoms with Gasteiger partial charge in [-0.15, -0.1) is 0 Å². The molecule has 0 aliphatic carbocycles. The average Bonchev–Trinajstić information content (AvgIpc) is 2.58. The fourth-order valence-corrected chi connectivity index (χ4v) is 5.68. The Morgan fingerprint density at radius 1 is 1.12 bits per heavy atom. The van der Waals surface area contributed by atoms with Crippen LogP contribution in [0.3, 0.4) is 0 Å². The molecule has 4 aliphatic rings. The molecular weight excluding hydrogens is 350 g/mol. The van der Waals surface area contributed by atoms with E-state index in [1.54, 1.807) is 7.11 Å². The number of halogens is 1. The van der Waals surface area contributed by atoms with Crippen LogP contribution in [0.1, 0.15) is 25.6 Å². The minimum atomic E-state index is -0.272. The Morgan fingerprint density at radius 3 is 2.31 bits per heavy atom. The van der Waals surface area contributed by atoms with Crippen molar-refractivity contribution in [1.29, 1.82) is 0 Å². The van der Waals surface area contributed by atoms with Crippen LogP contribution in [0.2, 0.25) is 5.15 Å². The lowest BCUT2D eigenvalue weighted by molar-refractivity contribution is -0.197.